The third kappa shape index (κ3) is 5.85. The number of amides is 1. The van der Waals surface area contributed by atoms with E-state index in [0.717, 1.165) is 11.1 Å². The van der Waals surface area contributed by atoms with Gasteiger partial charge in [0, 0.05) is 6.54 Å². The fourth-order valence-corrected chi connectivity index (χ4v) is 1.59. The second-order valence-electron chi connectivity index (χ2n) is 5.64. The summed E-state index contributed by atoms with van der Waals surface area (Å²) in [6, 6.07) is 7.88. The zero-order valence-corrected chi connectivity index (χ0v) is 12.2. The summed E-state index contributed by atoms with van der Waals surface area (Å²) in [7, 11) is 0. The van der Waals surface area contributed by atoms with Gasteiger partial charge in [-0.2, -0.15) is 0 Å². The summed E-state index contributed by atoms with van der Waals surface area (Å²) in [6.45, 7) is 8.33. The van der Waals surface area contributed by atoms with Crippen molar-refractivity contribution in [1.29, 1.82) is 0 Å². The fourth-order valence-electron chi connectivity index (χ4n) is 1.59. The average Bonchev–Trinajstić information content (AvgIpc) is 2.35. The molecule has 1 aromatic carbocycles. The van der Waals surface area contributed by atoms with E-state index in [1.165, 1.54) is 0 Å². The van der Waals surface area contributed by atoms with Gasteiger partial charge < -0.3 is 15.8 Å². The molecule has 106 valence electrons. The Bertz CT molecular complexity index is 407. The lowest BCUT2D eigenvalue weighted by atomic mass is 10.1. The topological polar surface area (TPSA) is 64.3 Å². The molecule has 1 atom stereocenters. The first-order valence-corrected chi connectivity index (χ1v) is 6.54. The Balaban J connectivity index is 2.49. The van der Waals surface area contributed by atoms with E-state index in [4.69, 9.17) is 10.5 Å². The summed E-state index contributed by atoms with van der Waals surface area (Å²) >= 11 is 0. The molecule has 4 nitrogen and oxygen atoms in total. The normalized spacial score (nSPS) is 13.1. The molecule has 0 aliphatic heterocycles. The SMILES string of the molecule is CC(NC(=O)COC(C)(C)C)c1ccc(CN)cc1. The number of hydrogen-bond acceptors (Lipinski definition) is 3. The first kappa shape index (κ1) is 15.7. The van der Waals surface area contributed by atoms with Crippen LogP contribution in [-0.2, 0) is 16.1 Å². The zero-order chi connectivity index (χ0) is 14.5. The summed E-state index contributed by atoms with van der Waals surface area (Å²) in [5.41, 5.74) is 7.39. The Labute approximate surface area is 115 Å². The maximum Gasteiger partial charge on any atom is 0.246 e. The summed E-state index contributed by atoms with van der Waals surface area (Å²) < 4.78 is 5.44. The summed E-state index contributed by atoms with van der Waals surface area (Å²) in [4.78, 5) is 11.7. The van der Waals surface area contributed by atoms with Crippen LogP contribution in [-0.4, -0.2) is 18.1 Å². The van der Waals surface area contributed by atoms with Crippen LogP contribution in [0, 0.1) is 0 Å². The van der Waals surface area contributed by atoms with Gasteiger partial charge in [0.15, 0.2) is 0 Å². The van der Waals surface area contributed by atoms with Crippen LogP contribution in [0.15, 0.2) is 24.3 Å². The molecule has 0 aliphatic rings. The molecule has 3 N–H and O–H groups in total. The minimum absolute atomic E-state index is 0.0390. The van der Waals surface area contributed by atoms with Gasteiger partial charge in [-0.25, -0.2) is 0 Å². The van der Waals surface area contributed by atoms with Crippen LogP contribution >= 0.6 is 0 Å². The van der Waals surface area contributed by atoms with Crippen molar-refractivity contribution < 1.29 is 9.53 Å². The van der Waals surface area contributed by atoms with Crippen LogP contribution in [0.5, 0.6) is 0 Å². The first-order valence-electron chi connectivity index (χ1n) is 6.54. The smallest absolute Gasteiger partial charge is 0.246 e. The molecule has 1 rings (SSSR count). The molecular formula is C15H24N2O2. The molecule has 0 heterocycles. The molecule has 0 fully saturated rings. The van der Waals surface area contributed by atoms with Crippen molar-refractivity contribution in [3.05, 3.63) is 35.4 Å². The van der Waals surface area contributed by atoms with Crippen molar-refractivity contribution in [2.45, 2.75) is 45.9 Å². The zero-order valence-electron chi connectivity index (χ0n) is 12.2. The lowest BCUT2D eigenvalue weighted by Crippen LogP contribution is -2.33. The number of rotatable bonds is 5. The van der Waals surface area contributed by atoms with Crippen molar-refractivity contribution in [2.75, 3.05) is 6.61 Å². The quantitative estimate of drug-likeness (QED) is 0.856. The predicted molar refractivity (Wildman–Crippen MR) is 76.6 cm³/mol. The number of carbonyl (C=O) groups excluding carboxylic acids is 1. The Morgan fingerprint density at radius 2 is 1.89 bits per heavy atom. The van der Waals surface area contributed by atoms with Gasteiger partial charge in [0.1, 0.15) is 6.61 Å². The molecular weight excluding hydrogens is 240 g/mol. The van der Waals surface area contributed by atoms with Crippen molar-refractivity contribution in [3.63, 3.8) is 0 Å². The second-order valence-corrected chi connectivity index (χ2v) is 5.64. The molecule has 0 aromatic heterocycles. The molecule has 0 radical (unpaired) electrons. The monoisotopic (exact) mass is 264 g/mol. The predicted octanol–water partition coefficient (Wildman–Crippen LogP) is 2.14. The van der Waals surface area contributed by atoms with Gasteiger partial charge in [0.05, 0.1) is 11.6 Å². The third-order valence-electron chi connectivity index (χ3n) is 2.73. The van der Waals surface area contributed by atoms with E-state index >= 15 is 0 Å². The molecule has 0 saturated carbocycles. The number of carbonyl (C=O) groups is 1. The van der Waals surface area contributed by atoms with Gasteiger partial charge in [-0.1, -0.05) is 24.3 Å². The van der Waals surface area contributed by atoms with Gasteiger partial charge in [-0.05, 0) is 38.8 Å². The van der Waals surface area contributed by atoms with Crippen LogP contribution in [0.25, 0.3) is 0 Å². The highest BCUT2D eigenvalue weighted by Crippen LogP contribution is 2.13. The molecule has 1 amide bonds. The first-order chi connectivity index (χ1) is 8.81. The average molecular weight is 264 g/mol. The van der Waals surface area contributed by atoms with Crippen molar-refractivity contribution >= 4 is 5.91 Å². The van der Waals surface area contributed by atoms with Crippen molar-refractivity contribution in [2.24, 2.45) is 5.73 Å². The molecule has 4 heteroatoms. The number of ether oxygens (including phenoxy) is 1. The maximum atomic E-state index is 11.7. The maximum absolute atomic E-state index is 11.7. The van der Waals surface area contributed by atoms with Gasteiger partial charge in [0.2, 0.25) is 5.91 Å². The number of benzene rings is 1. The molecule has 0 saturated heterocycles. The van der Waals surface area contributed by atoms with Gasteiger partial charge in [0.25, 0.3) is 0 Å². The van der Waals surface area contributed by atoms with E-state index in [1.54, 1.807) is 0 Å². The van der Waals surface area contributed by atoms with Crippen molar-refractivity contribution in [1.82, 2.24) is 5.32 Å². The van der Waals surface area contributed by atoms with Crippen LogP contribution in [0.2, 0.25) is 0 Å². The number of hydrogen-bond donors (Lipinski definition) is 2. The van der Waals surface area contributed by atoms with Crippen molar-refractivity contribution in [3.8, 4) is 0 Å². The molecule has 0 aliphatic carbocycles. The Morgan fingerprint density at radius 3 is 2.37 bits per heavy atom. The fraction of sp³-hybridized carbons (Fsp3) is 0.533. The lowest BCUT2D eigenvalue weighted by Gasteiger charge is -2.20. The standard InChI is InChI=1S/C15H24N2O2/c1-11(13-7-5-12(9-16)6-8-13)17-14(18)10-19-15(2,3)4/h5-8,11H,9-10,16H2,1-4H3,(H,17,18). The minimum Gasteiger partial charge on any atom is -0.366 e. The van der Waals surface area contributed by atoms with Gasteiger partial charge in [-0.15, -0.1) is 0 Å². The Morgan fingerprint density at radius 1 is 1.32 bits per heavy atom. The summed E-state index contributed by atoms with van der Waals surface area (Å²) in [5, 5.41) is 2.91. The molecule has 19 heavy (non-hydrogen) atoms. The van der Waals surface area contributed by atoms with Crippen LogP contribution < -0.4 is 11.1 Å². The van der Waals surface area contributed by atoms with E-state index < -0.39 is 0 Å². The summed E-state index contributed by atoms with van der Waals surface area (Å²) in [5.74, 6) is -0.106. The second kappa shape index (κ2) is 6.68. The van der Waals surface area contributed by atoms with Crippen LogP contribution in [0.1, 0.15) is 44.9 Å². The Kier molecular flexibility index (Phi) is 5.51. The van der Waals surface area contributed by atoms with E-state index in [9.17, 15) is 4.79 Å². The molecule has 0 spiro atoms. The Hall–Kier alpha value is -1.39. The van der Waals surface area contributed by atoms with Crippen LogP contribution in [0.4, 0.5) is 0 Å². The van der Waals surface area contributed by atoms with Gasteiger partial charge in [-0.3, -0.25) is 4.79 Å². The minimum atomic E-state index is -0.302. The summed E-state index contributed by atoms with van der Waals surface area (Å²) in [6.07, 6.45) is 0. The van der Waals surface area contributed by atoms with E-state index in [2.05, 4.69) is 5.32 Å². The molecule has 1 unspecified atom stereocenters. The largest absolute Gasteiger partial charge is 0.366 e. The molecule has 1 aromatic rings. The highest BCUT2D eigenvalue weighted by Gasteiger charge is 2.14. The highest BCUT2D eigenvalue weighted by molar-refractivity contribution is 5.77. The number of nitrogens with one attached hydrogen (secondary N) is 1. The highest BCUT2D eigenvalue weighted by atomic mass is 16.5. The van der Waals surface area contributed by atoms with E-state index in [1.807, 2.05) is 52.0 Å². The molecule has 0 bridgehead atoms. The number of nitrogens with two attached hydrogens (primary N) is 1. The van der Waals surface area contributed by atoms with Gasteiger partial charge >= 0.3 is 0 Å². The third-order valence-corrected chi connectivity index (χ3v) is 2.73. The van der Waals surface area contributed by atoms with E-state index in [-0.39, 0.29) is 24.2 Å². The van der Waals surface area contributed by atoms with Crippen LogP contribution in [0.3, 0.4) is 0 Å². The van der Waals surface area contributed by atoms with E-state index in [0.29, 0.717) is 6.54 Å². The lowest BCUT2D eigenvalue weighted by molar-refractivity contribution is -0.131.